The topological polar surface area (TPSA) is 9.86 Å². The molecule has 0 aliphatic heterocycles. The summed E-state index contributed by atoms with van der Waals surface area (Å²) in [7, 11) is 0. The van der Waals surface area contributed by atoms with Crippen LogP contribution in [-0.2, 0) is 0 Å². The van der Waals surface area contributed by atoms with Crippen molar-refractivity contribution in [2.45, 2.75) is 0 Å². The second-order valence-corrected chi connectivity index (χ2v) is 12.5. The summed E-state index contributed by atoms with van der Waals surface area (Å²) in [6, 6.07) is 48.9. The standard InChI is InChI=1S/C38H24N2S2/c1-2-10-28(26-18-20-36-32(24-26)30-12-4-6-14-34(30)40(36)38-16-8-22-42-38)27(9-1)25-17-19-35-31(23-25)29-11-3-5-13-33(29)39(35)37-15-7-21-41-37/h1-24H. The highest BCUT2D eigenvalue weighted by Crippen LogP contribution is 2.41. The van der Waals surface area contributed by atoms with Crippen molar-refractivity contribution in [2.24, 2.45) is 0 Å². The summed E-state index contributed by atoms with van der Waals surface area (Å²) >= 11 is 3.55. The van der Waals surface area contributed by atoms with Crippen LogP contribution in [-0.4, -0.2) is 9.13 Å². The lowest BCUT2D eigenvalue weighted by molar-refractivity contribution is 1.22. The zero-order chi connectivity index (χ0) is 27.6. The Bertz CT molecular complexity index is 2230. The molecule has 0 unspecified atom stereocenters. The minimum atomic E-state index is 1.23. The van der Waals surface area contributed by atoms with E-state index >= 15 is 0 Å². The van der Waals surface area contributed by atoms with E-state index in [1.165, 1.54) is 75.9 Å². The first-order chi connectivity index (χ1) is 20.8. The molecule has 198 valence electrons. The largest absolute Gasteiger partial charge is 0.301 e. The third-order valence-corrected chi connectivity index (χ3v) is 10.1. The molecule has 9 aromatic rings. The van der Waals surface area contributed by atoms with Crippen molar-refractivity contribution in [3.63, 3.8) is 0 Å². The summed E-state index contributed by atoms with van der Waals surface area (Å²) in [4.78, 5) is 0. The van der Waals surface area contributed by atoms with Gasteiger partial charge in [0.05, 0.1) is 32.1 Å². The molecule has 0 amide bonds. The van der Waals surface area contributed by atoms with Crippen molar-refractivity contribution in [3.8, 4) is 32.3 Å². The van der Waals surface area contributed by atoms with Crippen LogP contribution >= 0.6 is 22.7 Å². The van der Waals surface area contributed by atoms with E-state index in [0.717, 1.165) is 0 Å². The monoisotopic (exact) mass is 572 g/mol. The van der Waals surface area contributed by atoms with E-state index in [9.17, 15) is 0 Å². The van der Waals surface area contributed by atoms with Crippen LogP contribution in [0.5, 0.6) is 0 Å². The van der Waals surface area contributed by atoms with Crippen molar-refractivity contribution in [2.75, 3.05) is 0 Å². The molecule has 0 N–H and O–H groups in total. The van der Waals surface area contributed by atoms with Crippen molar-refractivity contribution in [1.29, 1.82) is 0 Å². The van der Waals surface area contributed by atoms with Gasteiger partial charge in [0, 0.05) is 21.5 Å². The second-order valence-electron chi connectivity index (χ2n) is 10.6. The van der Waals surface area contributed by atoms with Crippen LogP contribution in [0.3, 0.4) is 0 Å². The molecule has 0 aliphatic rings. The molecular weight excluding hydrogens is 549 g/mol. The fourth-order valence-electron chi connectivity index (χ4n) is 6.54. The highest BCUT2D eigenvalue weighted by molar-refractivity contribution is 7.12. The van der Waals surface area contributed by atoms with Crippen molar-refractivity contribution >= 4 is 66.3 Å². The number of hydrogen-bond donors (Lipinski definition) is 0. The molecule has 0 spiro atoms. The minimum absolute atomic E-state index is 1.23. The molecule has 2 nitrogen and oxygen atoms in total. The normalized spacial score (nSPS) is 11.8. The molecular formula is C38H24N2S2. The molecule has 0 saturated carbocycles. The third-order valence-electron chi connectivity index (χ3n) is 8.35. The minimum Gasteiger partial charge on any atom is -0.301 e. The average molecular weight is 573 g/mol. The van der Waals surface area contributed by atoms with E-state index in [2.05, 4.69) is 153 Å². The predicted molar refractivity (Wildman–Crippen MR) is 182 cm³/mol. The van der Waals surface area contributed by atoms with Gasteiger partial charge < -0.3 is 9.13 Å². The van der Waals surface area contributed by atoms with Gasteiger partial charge in [0.15, 0.2) is 0 Å². The van der Waals surface area contributed by atoms with Gasteiger partial charge in [-0.05, 0) is 93.7 Å². The van der Waals surface area contributed by atoms with E-state index < -0.39 is 0 Å². The smallest absolute Gasteiger partial charge is 0.0999 e. The maximum absolute atomic E-state index is 2.39. The summed E-state index contributed by atoms with van der Waals surface area (Å²) in [5, 5.41) is 11.9. The Morgan fingerprint density at radius 1 is 0.357 bits per heavy atom. The molecule has 0 aliphatic carbocycles. The van der Waals surface area contributed by atoms with Crippen LogP contribution in [0.15, 0.2) is 144 Å². The van der Waals surface area contributed by atoms with Crippen LogP contribution in [0.4, 0.5) is 0 Å². The number of thiophene rings is 2. The van der Waals surface area contributed by atoms with Crippen molar-refractivity contribution < 1.29 is 0 Å². The quantitative estimate of drug-likeness (QED) is 0.198. The molecule has 0 atom stereocenters. The number of para-hydroxylation sites is 2. The molecule has 4 heteroatoms. The number of benzene rings is 5. The van der Waals surface area contributed by atoms with Gasteiger partial charge >= 0.3 is 0 Å². The zero-order valence-corrected chi connectivity index (χ0v) is 24.2. The van der Waals surface area contributed by atoms with Gasteiger partial charge in [-0.2, -0.15) is 0 Å². The molecule has 0 radical (unpaired) electrons. The van der Waals surface area contributed by atoms with Gasteiger partial charge in [0.1, 0.15) is 0 Å². The summed E-state index contributed by atoms with van der Waals surface area (Å²) < 4.78 is 4.78. The first-order valence-corrected chi connectivity index (χ1v) is 15.8. The van der Waals surface area contributed by atoms with Crippen LogP contribution in [0.2, 0.25) is 0 Å². The molecule has 42 heavy (non-hydrogen) atoms. The maximum Gasteiger partial charge on any atom is 0.0999 e. The van der Waals surface area contributed by atoms with E-state index in [0.29, 0.717) is 0 Å². The fourth-order valence-corrected chi connectivity index (χ4v) is 8.05. The third kappa shape index (κ3) is 3.49. The van der Waals surface area contributed by atoms with Gasteiger partial charge in [-0.3, -0.25) is 0 Å². The molecule has 4 heterocycles. The Hall–Kier alpha value is -4.90. The van der Waals surface area contributed by atoms with Crippen LogP contribution in [0, 0.1) is 0 Å². The van der Waals surface area contributed by atoms with Gasteiger partial charge in [-0.1, -0.05) is 72.8 Å². The predicted octanol–water partition coefficient (Wildman–Crippen LogP) is 11.3. The fraction of sp³-hybridized carbons (Fsp3) is 0. The van der Waals surface area contributed by atoms with Crippen LogP contribution < -0.4 is 0 Å². The summed E-state index contributed by atoms with van der Waals surface area (Å²) in [6.45, 7) is 0. The molecule has 9 rings (SSSR count). The molecule has 0 saturated heterocycles. The second kappa shape index (κ2) is 9.31. The Morgan fingerprint density at radius 3 is 1.24 bits per heavy atom. The van der Waals surface area contributed by atoms with Gasteiger partial charge in [0.25, 0.3) is 0 Å². The summed E-state index contributed by atoms with van der Waals surface area (Å²) in [5.74, 6) is 0. The zero-order valence-electron chi connectivity index (χ0n) is 22.6. The highest BCUT2D eigenvalue weighted by Gasteiger charge is 2.17. The van der Waals surface area contributed by atoms with Gasteiger partial charge in [0.2, 0.25) is 0 Å². The van der Waals surface area contributed by atoms with E-state index in [-0.39, 0.29) is 0 Å². The Labute approximate surface area is 251 Å². The molecule has 5 aromatic carbocycles. The number of hydrogen-bond acceptors (Lipinski definition) is 2. The maximum atomic E-state index is 2.39. The molecule has 4 aromatic heterocycles. The van der Waals surface area contributed by atoms with Gasteiger partial charge in [-0.25, -0.2) is 0 Å². The number of nitrogens with zero attached hydrogens (tertiary/aromatic N) is 2. The molecule has 0 bridgehead atoms. The Balaban J connectivity index is 1.25. The summed E-state index contributed by atoms with van der Waals surface area (Å²) in [6.07, 6.45) is 0. The van der Waals surface area contributed by atoms with E-state index in [4.69, 9.17) is 0 Å². The van der Waals surface area contributed by atoms with Gasteiger partial charge in [-0.15, -0.1) is 22.7 Å². The lowest BCUT2D eigenvalue weighted by Gasteiger charge is -2.12. The van der Waals surface area contributed by atoms with Crippen LogP contribution in [0.25, 0.3) is 75.9 Å². The van der Waals surface area contributed by atoms with E-state index in [1.54, 1.807) is 22.7 Å². The number of rotatable bonds is 4. The SMILES string of the molecule is c1csc(-n2c3ccccc3c3cc(-c4ccccc4-c4ccc5c(c4)c4ccccc4n5-c4cccs4)ccc32)c1. The highest BCUT2D eigenvalue weighted by atomic mass is 32.1. The average Bonchev–Trinajstić information content (AvgIpc) is 3.86. The molecule has 0 fully saturated rings. The number of aromatic nitrogens is 2. The Kier molecular flexibility index (Phi) is 5.27. The van der Waals surface area contributed by atoms with Crippen molar-refractivity contribution in [3.05, 3.63) is 144 Å². The lowest BCUT2D eigenvalue weighted by Crippen LogP contribution is -1.91. The first-order valence-electron chi connectivity index (χ1n) is 14.1. The Morgan fingerprint density at radius 2 is 0.786 bits per heavy atom. The first kappa shape index (κ1) is 23.8. The van der Waals surface area contributed by atoms with E-state index in [1.807, 2.05) is 0 Å². The van der Waals surface area contributed by atoms with Crippen LogP contribution in [0.1, 0.15) is 0 Å². The summed E-state index contributed by atoms with van der Waals surface area (Å²) in [5.41, 5.74) is 9.91. The lowest BCUT2D eigenvalue weighted by atomic mass is 9.93. The number of fused-ring (bicyclic) bond motifs is 6. The van der Waals surface area contributed by atoms with Crippen molar-refractivity contribution in [1.82, 2.24) is 9.13 Å².